The molecule has 0 aliphatic rings. The van der Waals surface area contributed by atoms with Crippen LogP contribution in [0.3, 0.4) is 0 Å². The summed E-state index contributed by atoms with van der Waals surface area (Å²) in [5.41, 5.74) is 1.55. The zero-order valence-electron chi connectivity index (χ0n) is 16.2. The lowest BCUT2D eigenvalue weighted by molar-refractivity contribution is -0.116. The maximum absolute atomic E-state index is 13.2. The molecule has 0 unspecified atom stereocenters. The lowest BCUT2D eigenvalue weighted by Gasteiger charge is -2.21. The summed E-state index contributed by atoms with van der Waals surface area (Å²) in [4.78, 5) is 14.7. The molecule has 0 N–H and O–H groups in total. The van der Waals surface area contributed by atoms with Crippen LogP contribution in [-0.2, 0) is 18.4 Å². The van der Waals surface area contributed by atoms with Gasteiger partial charge in [0.2, 0.25) is 5.91 Å². The van der Waals surface area contributed by atoms with Crippen LogP contribution in [0.25, 0.3) is 11.4 Å². The average molecular weight is 422 g/mol. The normalized spacial score (nSPS) is 10.9. The van der Waals surface area contributed by atoms with Crippen LogP contribution >= 0.6 is 11.8 Å². The monoisotopic (exact) mass is 422 g/mol. The van der Waals surface area contributed by atoms with E-state index >= 15 is 0 Å². The maximum Gasteiger partial charge on any atom is 0.237 e. The molecule has 30 heavy (non-hydrogen) atoms. The Morgan fingerprint density at radius 2 is 1.83 bits per heavy atom. The highest BCUT2D eigenvalue weighted by atomic mass is 32.2. The molecule has 4 rings (SSSR count). The molecule has 6 nitrogen and oxygen atoms in total. The van der Waals surface area contributed by atoms with Gasteiger partial charge in [-0.25, -0.2) is 4.39 Å². The highest BCUT2D eigenvalue weighted by Gasteiger charge is 2.19. The molecule has 152 valence electrons. The minimum atomic E-state index is -0.307. The van der Waals surface area contributed by atoms with Crippen LogP contribution < -0.4 is 4.90 Å². The zero-order chi connectivity index (χ0) is 20.9. The van der Waals surface area contributed by atoms with Gasteiger partial charge < -0.3 is 13.9 Å². The average Bonchev–Trinajstić information content (AvgIpc) is 3.41. The van der Waals surface area contributed by atoms with Crippen molar-refractivity contribution in [3.05, 3.63) is 84.6 Å². The summed E-state index contributed by atoms with van der Waals surface area (Å²) < 4.78 is 20.4. The van der Waals surface area contributed by atoms with Crippen LogP contribution in [0.2, 0.25) is 0 Å². The van der Waals surface area contributed by atoms with E-state index in [1.807, 2.05) is 43.4 Å². The Kier molecular flexibility index (Phi) is 5.94. The summed E-state index contributed by atoms with van der Waals surface area (Å²) >= 11 is 1.30. The number of halogens is 1. The van der Waals surface area contributed by atoms with E-state index in [9.17, 15) is 9.18 Å². The Balaban J connectivity index is 1.49. The summed E-state index contributed by atoms with van der Waals surface area (Å²) in [7, 11) is 1.82. The van der Waals surface area contributed by atoms with E-state index in [-0.39, 0.29) is 17.5 Å². The Morgan fingerprint density at radius 1 is 1.07 bits per heavy atom. The van der Waals surface area contributed by atoms with E-state index < -0.39 is 0 Å². The molecule has 0 spiro atoms. The first-order valence-corrected chi connectivity index (χ1v) is 10.3. The Morgan fingerprint density at radius 3 is 2.53 bits per heavy atom. The van der Waals surface area contributed by atoms with Crippen molar-refractivity contribution in [2.45, 2.75) is 11.7 Å². The number of aromatic nitrogens is 3. The minimum Gasteiger partial charge on any atom is -0.467 e. The van der Waals surface area contributed by atoms with Gasteiger partial charge >= 0.3 is 0 Å². The number of amides is 1. The van der Waals surface area contributed by atoms with Gasteiger partial charge in [0.05, 0.1) is 18.6 Å². The van der Waals surface area contributed by atoms with Crippen LogP contribution in [0.5, 0.6) is 0 Å². The largest absolute Gasteiger partial charge is 0.467 e. The van der Waals surface area contributed by atoms with Gasteiger partial charge in [-0.1, -0.05) is 30.0 Å². The SMILES string of the molecule is Cn1c(SCC(=O)N(Cc2ccco2)c2ccccc2)nnc1-c1ccc(F)cc1. The van der Waals surface area contributed by atoms with Gasteiger partial charge in [0.25, 0.3) is 0 Å². The van der Waals surface area contributed by atoms with Gasteiger partial charge in [-0.2, -0.15) is 0 Å². The molecule has 2 aromatic carbocycles. The van der Waals surface area contributed by atoms with E-state index in [0.717, 1.165) is 11.3 Å². The topological polar surface area (TPSA) is 64.2 Å². The number of rotatable bonds is 7. The first-order chi connectivity index (χ1) is 14.6. The van der Waals surface area contributed by atoms with Gasteiger partial charge in [-0.15, -0.1) is 10.2 Å². The molecule has 2 heterocycles. The van der Waals surface area contributed by atoms with Crippen LogP contribution in [0.4, 0.5) is 10.1 Å². The number of carbonyl (C=O) groups is 1. The number of furan rings is 1. The highest BCUT2D eigenvalue weighted by molar-refractivity contribution is 7.99. The van der Waals surface area contributed by atoms with Crippen LogP contribution in [0.1, 0.15) is 5.76 Å². The van der Waals surface area contributed by atoms with E-state index in [0.29, 0.717) is 23.3 Å². The van der Waals surface area contributed by atoms with Gasteiger partial charge in [-0.05, 0) is 48.5 Å². The smallest absolute Gasteiger partial charge is 0.237 e. The van der Waals surface area contributed by atoms with Gasteiger partial charge in [0.1, 0.15) is 11.6 Å². The molecule has 0 atom stereocenters. The highest BCUT2D eigenvalue weighted by Crippen LogP contribution is 2.25. The molecular formula is C22H19FN4O2S. The number of para-hydroxylation sites is 1. The van der Waals surface area contributed by atoms with Crippen molar-refractivity contribution >= 4 is 23.4 Å². The molecule has 0 radical (unpaired) electrons. The molecule has 0 saturated carbocycles. The van der Waals surface area contributed by atoms with Crippen LogP contribution in [0, 0.1) is 5.82 Å². The number of carbonyl (C=O) groups excluding carboxylic acids is 1. The Labute approximate surface area is 177 Å². The summed E-state index contributed by atoms with van der Waals surface area (Å²) in [6, 6.07) is 19.2. The van der Waals surface area contributed by atoms with Crippen LogP contribution in [0.15, 0.2) is 82.6 Å². The first kappa shape index (κ1) is 19.9. The van der Waals surface area contributed by atoms with Crippen molar-refractivity contribution in [1.82, 2.24) is 14.8 Å². The maximum atomic E-state index is 13.2. The third-order valence-corrected chi connectivity index (χ3v) is 5.53. The molecule has 0 bridgehead atoms. The van der Waals surface area contributed by atoms with Crippen molar-refractivity contribution in [3.63, 3.8) is 0 Å². The molecule has 0 aliphatic heterocycles. The summed E-state index contributed by atoms with van der Waals surface area (Å²) in [5.74, 6) is 1.12. The van der Waals surface area contributed by atoms with Gasteiger partial charge in [0, 0.05) is 18.3 Å². The second-order valence-corrected chi connectivity index (χ2v) is 7.50. The quantitative estimate of drug-likeness (QED) is 0.409. The van der Waals surface area contributed by atoms with Gasteiger partial charge in [-0.3, -0.25) is 4.79 Å². The predicted molar refractivity (Wildman–Crippen MR) is 113 cm³/mol. The van der Waals surface area contributed by atoms with E-state index in [4.69, 9.17) is 4.42 Å². The lowest BCUT2D eigenvalue weighted by Crippen LogP contribution is -2.31. The molecule has 1 amide bonds. The van der Waals surface area contributed by atoms with Crippen molar-refractivity contribution in [2.75, 3.05) is 10.7 Å². The first-order valence-electron chi connectivity index (χ1n) is 9.28. The molecule has 0 saturated heterocycles. The van der Waals surface area contributed by atoms with Gasteiger partial charge in [0.15, 0.2) is 11.0 Å². The fourth-order valence-corrected chi connectivity index (χ4v) is 3.77. The number of hydrogen-bond donors (Lipinski definition) is 0. The van der Waals surface area contributed by atoms with Crippen molar-refractivity contribution in [2.24, 2.45) is 7.05 Å². The Bertz CT molecular complexity index is 1110. The summed E-state index contributed by atoms with van der Waals surface area (Å²) in [6.07, 6.45) is 1.59. The number of thioether (sulfide) groups is 1. The van der Waals surface area contributed by atoms with E-state index in [1.54, 1.807) is 33.9 Å². The summed E-state index contributed by atoms with van der Waals surface area (Å²) in [6.45, 7) is 0.343. The molecule has 0 aliphatic carbocycles. The second-order valence-electron chi connectivity index (χ2n) is 6.56. The fraction of sp³-hybridized carbons (Fsp3) is 0.136. The van der Waals surface area contributed by atoms with Crippen molar-refractivity contribution in [1.29, 1.82) is 0 Å². The molecule has 2 aromatic heterocycles. The number of hydrogen-bond acceptors (Lipinski definition) is 5. The zero-order valence-corrected chi connectivity index (χ0v) is 17.1. The minimum absolute atomic E-state index is 0.0751. The van der Waals surface area contributed by atoms with E-state index in [2.05, 4.69) is 10.2 Å². The molecule has 8 heteroatoms. The van der Waals surface area contributed by atoms with Crippen LogP contribution in [-0.4, -0.2) is 26.4 Å². The third-order valence-electron chi connectivity index (χ3n) is 4.53. The third kappa shape index (κ3) is 4.44. The van der Waals surface area contributed by atoms with Crippen molar-refractivity contribution < 1.29 is 13.6 Å². The standard InChI is InChI=1S/C22H19FN4O2S/c1-26-21(16-9-11-17(23)12-10-16)24-25-22(26)30-15-20(28)27(14-19-8-5-13-29-19)18-6-3-2-4-7-18/h2-13H,14-15H2,1H3. The Hall–Kier alpha value is -3.39. The van der Waals surface area contributed by atoms with E-state index in [1.165, 1.54) is 23.9 Å². The lowest BCUT2D eigenvalue weighted by atomic mass is 10.2. The molecule has 0 fully saturated rings. The van der Waals surface area contributed by atoms with Crippen molar-refractivity contribution in [3.8, 4) is 11.4 Å². The fourth-order valence-electron chi connectivity index (χ4n) is 2.98. The summed E-state index contributed by atoms with van der Waals surface area (Å²) in [5, 5.41) is 8.98. The number of anilines is 1. The molecule has 4 aromatic rings. The number of nitrogens with zero attached hydrogens (tertiary/aromatic N) is 4. The predicted octanol–water partition coefficient (Wildman–Crippen LogP) is 4.54. The molecular weight excluding hydrogens is 403 g/mol. The number of benzene rings is 2. The second kappa shape index (κ2) is 8.96.